The van der Waals surface area contributed by atoms with E-state index in [0.29, 0.717) is 38.2 Å². The Morgan fingerprint density at radius 3 is 2.74 bits per heavy atom. The molecule has 0 spiro atoms. The molecule has 1 atom stereocenters. The molecule has 0 radical (unpaired) electrons. The zero-order valence-corrected chi connectivity index (χ0v) is 17.6. The zero-order chi connectivity index (χ0) is 22.0. The van der Waals surface area contributed by atoms with Crippen molar-refractivity contribution >= 4 is 51.5 Å². The molecule has 9 heteroatoms. The summed E-state index contributed by atoms with van der Waals surface area (Å²) < 4.78 is 14.9. The van der Waals surface area contributed by atoms with Crippen molar-refractivity contribution < 1.29 is 9.18 Å². The van der Waals surface area contributed by atoms with E-state index in [9.17, 15) is 14.0 Å². The number of amides is 2. The minimum Gasteiger partial charge on any atom is -0.331 e. The SMILES string of the molecule is O=C(NCc1nc2ccccc2c(=O)n1C1=CCC(F)C=C1)Nc1ccc(Cl)c(Cl)c1. The monoisotopic (exact) mass is 458 g/mol. The summed E-state index contributed by atoms with van der Waals surface area (Å²) >= 11 is 11.9. The maximum atomic E-state index is 13.5. The zero-order valence-electron chi connectivity index (χ0n) is 16.1. The molecule has 6 nitrogen and oxygen atoms in total. The van der Waals surface area contributed by atoms with E-state index in [1.54, 1.807) is 48.6 Å². The van der Waals surface area contributed by atoms with Gasteiger partial charge in [-0.1, -0.05) is 41.4 Å². The molecule has 1 aromatic heterocycles. The van der Waals surface area contributed by atoms with Crippen molar-refractivity contribution in [2.75, 3.05) is 5.32 Å². The van der Waals surface area contributed by atoms with Crippen LogP contribution in [0.5, 0.6) is 0 Å². The molecule has 1 aliphatic rings. The molecular weight excluding hydrogens is 442 g/mol. The van der Waals surface area contributed by atoms with Gasteiger partial charge in [0, 0.05) is 17.8 Å². The average Bonchev–Trinajstić information content (AvgIpc) is 2.76. The third-order valence-corrected chi connectivity index (χ3v) is 5.45. The second kappa shape index (κ2) is 8.91. The van der Waals surface area contributed by atoms with Gasteiger partial charge in [0.05, 0.1) is 27.5 Å². The number of urea groups is 1. The molecule has 1 heterocycles. The highest BCUT2D eigenvalue weighted by molar-refractivity contribution is 6.42. The van der Waals surface area contributed by atoms with Crippen LogP contribution in [0.4, 0.5) is 14.9 Å². The van der Waals surface area contributed by atoms with Crippen molar-refractivity contribution in [3.05, 3.63) is 86.9 Å². The van der Waals surface area contributed by atoms with E-state index in [1.165, 1.54) is 16.7 Å². The van der Waals surface area contributed by atoms with Gasteiger partial charge in [-0.3, -0.25) is 9.36 Å². The predicted octanol–water partition coefficient (Wildman–Crippen LogP) is 5.16. The molecule has 2 N–H and O–H groups in total. The number of para-hydroxylation sites is 1. The van der Waals surface area contributed by atoms with Gasteiger partial charge >= 0.3 is 6.03 Å². The third kappa shape index (κ3) is 4.62. The number of aromatic nitrogens is 2. The van der Waals surface area contributed by atoms with Gasteiger partial charge in [-0.2, -0.15) is 0 Å². The average molecular weight is 459 g/mol. The van der Waals surface area contributed by atoms with Crippen LogP contribution in [0.2, 0.25) is 10.0 Å². The lowest BCUT2D eigenvalue weighted by Crippen LogP contribution is -2.33. The Morgan fingerprint density at radius 1 is 1.19 bits per heavy atom. The van der Waals surface area contributed by atoms with E-state index in [2.05, 4.69) is 15.6 Å². The fourth-order valence-corrected chi connectivity index (χ4v) is 3.52. The molecule has 2 aromatic carbocycles. The van der Waals surface area contributed by atoms with Crippen LogP contribution < -0.4 is 16.2 Å². The number of carbonyl (C=O) groups excluding carboxylic acids is 1. The van der Waals surface area contributed by atoms with Gasteiger partial charge in [0.1, 0.15) is 12.0 Å². The van der Waals surface area contributed by atoms with E-state index in [-0.39, 0.29) is 18.5 Å². The summed E-state index contributed by atoms with van der Waals surface area (Å²) in [6.45, 7) is -0.0303. The number of alkyl halides is 1. The number of benzene rings is 2. The van der Waals surface area contributed by atoms with Gasteiger partial charge < -0.3 is 10.6 Å². The Labute approximate surface area is 187 Å². The van der Waals surface area contributed by atoms with Crippen molar-refractivity contribution in [1.82, 2.24) is 14.9 Å². The van der Waals surface area contributed by atoms with Crippen molar-refractivity contribution in [2.45, 2.75) is 19.1 Å². The van der Waals surface area contributed by atoms with Crippen LogP contribution >= 0.6 is 23.2 Å². The fraction of sp³-hybridized carbons (Fsp3) is 0.136. The summed E-state index contributed by atoms with van der Waals surface area (Å²) in [5.41, 5.74) is 1.19. The molecule has 4 rings (SSSR count). The summed E-state index contributed by atoms with van der Waals surface area (Å²) in [4.78, 5) is 30.1. The number of fused-ring (bicyclic) bond motifs is 1. The predicted molar refractivity (Wildman–Crippen MR) is 121 cm³/mol. The molecule has 0 bridgehead atoms. The highest BCUT2D eigenvalue weighted by atomic mass is 35.5. The molecular formula is C22H17Cl2FN4O2. The number of rotatable bonds is 4. The van der Waals surface area contributed by atoms with Gasteiger partial charge in [0.15, 0.2) is 0 Å². The molecule has 31 heavy (non-hydrogen) atoms. The molecule has 0 aliphatic heterocycles. The van der Waals surface area contributed by atoms with Gasteiger partial charge in [-0.25, -0.2) is 14.2 Å². The molecule has 158 valence electrons. The lowest BCUT2D eigenvalue weighted by atomic mass is 10.1. The Balaban J connectivity index is 1.62. The first-order valence-electron chi connectivity index (χ1n) is 9.46. The number of allylic oxidation sites excluding steroid dienone is 4. The number of hydrogen-bond acceptors (Lipinski definition) is 3. The van der Waals surface area contributed by atoms with Crippen molar-refractivity contribution in [2.24, 2.45) is 0 Å². The summed E-state index contributed by atoms with van der Waals surface area (Å²) in [5, 5.41) is 6.46. The fourth-order valence-electron chi connectivity index (χ4n) is 3.22. The van der Waals surface area contributed by atoms with Crippen LogP contribution in [0.1, 0.15) is 12.2 Å². The lowest BCUT2D eigenvalue weighted by molar-refractivity contribution is 0.251. The lowest BCUT2D eigenvalue weighted by Gasteiger charge is -2.17. The number of nitrogens with one attached hydrogen (secondary N) is 2. The quantitative estimate of drug-likeness (QED) is 0.566. The summed E-state index contributed by atoms with van der Waals surface area (Å²) in [5.74, 6) is 0.321. The maximum absolute atomic E-state index is 13.5. The van der Waals surface area contributed by atoms with Gasteiger partial charge in [-0.15, -0.1) is 0 Å². The minimum absolute atomic E-state index is 0.0303. The molecule has 0 fully saturated rings. The van der Waals surface area contributed by atoms with Gasteiger partial charge in [-0.05, 0) is 42.5 Å². The van der Waals surface area contributed by atoms with E-state index >= 15 is 0 Å². The minimum atomic E-state index is -1.09. The largest absolute Gasteiger partial charge is 0.331 e. The summed E-state index contributed by atoms with van der Waals surface area (Å²) in [7, 11) is 0. The van der Waals surface area contributed by atoms with Crippen LogP contribution in [0.15, 0.2) is 65.5 Å². The number of halogens is 3. The molecule has 1 aliphatic carbocycles. The summed E-state index contributed by atoms with van der Waals surface area (Å²) in [6.07, 6.45) is 3.65. The number of hydrogen-bond donors (Lipinski definition) is 2. The first-order chi connectivity index (χ1) is 14.9. The highest BCUT2D eigenvalue weighted by Crippen LogP contribution is 2.25. The van der Waals surface area contributed by atoms with Gasteiger partial charge in [0.2, 0.25) is 0 Å². The Hall–Kier alpha value is -3.16. The topological polar surface area (TPSA) is 76.0 Å². The second-order valence-corrected chi connectivity index (χ2v) is 7.68. The first-order valence-corrected chi connectivity index (χ1v) is 10.2. The van der Waals surface area contributed by atoms with Crippen LogP contribution in [0.25, 0.3) is 16.6 Å². The normalized spacial score (nSPS) is 15.6. The smallest absolute Gasteiger partial charge is 0.319 e. The molecule has 0 saturated heterocycles. The van der Waals surface area contributed by atoms with Crippen LogP contribution in [0.3, 0.4) is 0 Å². The van der Waals surface area contributed by atoms with E-state index in [0.717, 1.165) is 0 Å². The highest BCUT2D eigenvalue weighted by Gasteiger charge is 2.17. The van der Waals surface area contributed by atoms with E-state index in [1.807, 2.05) is 0 Å². The van der Waals surface area contributed by atoms with Crippen LogP contribution in [-0.2, 0) is 6.54 Å². The molecule has 0 saturated carbocycles. The number of anilines is 1. The molecule has 2 amide bonds. The molecule has 1 unspecified atom stereocenters. The van der Waals surface area contributed by atoms with Gasteiger partial charge in [0.25, 0.3) is 5.56 Å². The van der Waals surface area contributed by atoms with Crippen molar-refractivity contribution in [3.63, 3.8) is 0 Å². The third-order valence-electron chi connectivity index (χ3n) is 4.72. The van der Waals surface area contributed by atoms with E-state index < -0.39 is 12.2 Å². The number of nitrogens with zero attached hydrogens (tertiary/aromatic N) is 2. The Kier molecular flexibility index (Phi) is 6.06. The standard InChI is InChI=1S/C22H17Cl2FN4O2/c23-17-10-7-14(11-18(17)24)27-22(31)26-12-20-28-19-4-2-1-3-16(19)21(30)29(20)15-8-5-13(25)6-9-15/h1-5,7-11,13H,6,12H2,(H2,26,27,31). The maximum Gasteiger partial charge on any atom is 0.319 e. The molecule has 3 aromatic rings. The Bertz CT molecular complexity index is 1290. The van der Waals surface area contributed by atoms with Crippen molar-refractivity contribution in [1.29, 1.82) is 0 Å². The number of carbonyl (C=O) groups is 1. The van der Waals surface area contributed by atoms with Crippen LogP contribution in [0, 0.1) is 0 Å². The van der Waals surface area contributed by atoms with Crippen molar-refractivity contribution in [3.8, 4) is 0 Å². The first kappa shape index (κ1) is 21.1. The van der Waals surface area contributed by atoms with Crippen LogP contribution in [-0.4, -0.2) is 21.8 Å². The van der Waals surface area contributed by atoms with E-state index in [4.69, 9.17) is 23.2 Å². The second-order valence-electron chi connectivity index (χ2n) is 6.86. The summed E-state index contributed by atoms with van der Waals surface area (Å²) in [6, 6.07) is 11.1. The Morgan fingerprint density at radius 2 is 2.00 bits per heavy atom.